The Morgan fingerprint density at radius 1 is 1.75 bits per heavy atom. The first-order valence-corrected chi connectivity index (χ1v) is 0.666. The van der Waals surface area contributed by atoms with Crippen molar-refractivity contribution in [3.05, 3.63) is 20.3 Å². The lowest BCUT2D eigenvalue weighted by Crippen LogP contribution is -1.25. The summed E-state index contributed by atoms with van der Waals surface area (Å²) in [5, 5.41) is 7.33. The summed E-state index contributed by atoms with van der Waals surface area (Å²) >= 11 is 0. The molecule has 1 N–H and O–H groups in total. The van der Waals surface area contributed by atoms with Gasteiger partial charge in [0, 0.05) is 0 Å². The van der Waals surface area contributed by atoms with Crippen molar-refractivity contribution >= 4 is 0 Å². The maximum Gasteiger partial charge on any atom is 0.0719 e. The topological polar surface area (TPSA) is 20.2 Å². The second-order valence-corrected chi connectivity index (χ2v) is 0.183. The molecule has 0 atom stereocenters. The van der Waals surface area contributed by atoms with Crippen LogP contribution < -0.4 is 0 Å². The third kappa shape index (κ3) is 2.12. The molecule has 0 spiro atoms. The second kappa shape index (κ2) is 20.7. The standard InChI is InChI=1S/C2H4O.CH3/c1-2-3;/h2-3H,1H2;1H3. The van der Waals surface area contributed by atoms with E-state index in [0.717, 1.165) is 6.26 Å². The summed E-state index contributed by atoms with van der Waals surface area (Å²) in [5.74, 6) is 0. The second-order valence-electron chi connectivity index (χ2n) is 0.183. The maximum atomic E-state index is 7.33. The Bertz CT molecular complexity index is 10.8. The first-order chi connectivity index (χ1) is 1.41. The van der Waals surface area contributed by atoms with Crippen molar-refractivity contribution < 1.29 is 5.11 Å². The van der Waals surface area contributed by atoms with Crippen LogP contribution in [-0.4, -0.2) is 5.11 Å². The van der Waals surface area contributed by atoms with Gasteiger partial charge in [-0.2, -0.15) is 0 Å². The average Bonchev–Trinajstić information content (AvgIpc) is 0.918. The molecule has 0 saturated carbocycles. The summed E-state index contributed by atoms with van der Waals surface area (Å²) in [5.41, 5.74) is 0. The van der Waals surface area contributed by atoms with Crippen LogP contribution in [0.2, 0.25) is 0 Å². The minimum atomic E-state index is 0. The van der Waals surface area contributed by atoms with Gasteiger partial charge >= 0.3 is 0 Å². The molecule has 1 heteroatoms. The average molecular weight is 59.1 g/mol. The molecule has 0 bridgehead atoms. The van der Waals surface area contributed by atoms with Gasteiger partial charge in [-0.05, 0) is 0 Å². The van der Waals surface area contributed by atoms with Gasteiger partial charge in [-0.25, -0.2) is 0 Å². The Kier molecular flexibility index (Phi) is 49.7. The van der Waals surface area contributed by atoms with E-state index < -0.39 is 0 Å². The number of aliphatic hydroxyl groups is 1. The van der Waals surface area contributed by atoms with E-state index in [-0.39, 0.29) is 7.43 Å². The first-order valence-electron chi connectivity index (χ1n) is 0.666. The molecule has 4 heavy (non-hydrogen) atoms. The lowest BCUT2D eigenvalue weighted by molar-refractivity contribution is 0.476. The Morgan fingerprint density at radius 3 is 1.75 bits per heavy atom. The summed E-state index contributed by atoms with van der Waals surface area (Å²) in [6.07, 6.45) is 0.750. The van der Waals surface area contributed by atoms with E-state index in [9.17, 15) is 0 Å². The van der Waals surface area contributed by atoms with E-state index in [2.05, 4.69) is 6.58 Å². The van der Waals surface area contributed by atoms with Crippen LogP contribution in [0.1, 0.15) is 0 Å². The number of rotatable bonds is 0. The van der Waals surface area contributed by atoms with Crippen molar-refractivity contribution in [1.82, 2.24) is 0 Å². The van der Waals surface area contributed by atoms with E-state index in [4.69, 9.17) is 5.11 Å². The lowest BCUT2D eigenvalue weighted by atomic mass is 11.2. The molecule has 0 amide bonds. The highest BCUT2D eigenvalue weighted by Crippen LogP contribution is 1.26. The van der Waals surface area contributed by atoms with Gasteiger partial charge in [0.1, 0.15) is 0 Å². The summed E-state index contributed by atoms with van der Waals surface area (Å²) in [6.45, 7) is 2.92. The zero-order chi connectivity index (χ0) is 2.71. The molecule has 0 aromatic rings. The monoisotopic (exact) mass is 59.0 g/mol. The molecule has 0 unspecified atom stereocenters. The van der Waals surface area contributed by atoms with Crippen LogP contribution in [0.25, 0.3) is 0 Å². The number of aliphatic hydroxyl groups excluding tert-OH is 1. The fraction of sp³-hybridized carbons (Fsp3) is 0. The van der Waals surface area contributed by atoms with Crippen LogP contribution in [-0.2, 0) is 0 Å². The number of hydrogen-bond acceptors (Lipinski definition) is 1. The van der Waals surface area contributed by atoms with Crippen LogP contribution >= 0.6 is 0 Å². The summed E-state index contributed by atoms with van der Waals surface area (Å²) in [7, 11) is 0. The van der Waals surface area contributed by atoms with Gasteiger partial charge in [0.25, 0.3) is 0 Å². The molecule has 1 nitrogen and oxygen atoms in total. The first kappa shape index (κ1) is 9.63. The molecule has 0 heterocycles. The quantitative estimate of drug-likeness (QED) is 0.415. The summed E-state index contributed by atoms with van der Waals surface area (Å²) in [4.78, 5) is 0. The van der Waals surface area contributed by atoms with Crippen molar-refractivity contribution in [3.8, 4) is 0 Å². The molecular weight excluding hydrogens is 52.0 g/mol. The maximum absolute atomic E-state index is 7.33. The van der Waals surface area contributed by atoms with Crippen molar-refractivity contribution in [3.63, 3.8) is 0 Å². The van der Waals surface area contributed by atoms with Crippen LogP contribution in [0.5, 0.6) is 0 Å². The van der Waals surface area contributed by atoms with Gasteiger partial charge in [0.05, 0.1) is 6.26 Å². The highest BCUT2D eigenvalue weighted by molar-refractivity contribution is 4.38. The van der Waals surface area contributed by atoms with Crippen LogP contribution in [0.15, 0.2) is 12.8 Å². The molecule has 0 fully saturated rings. The largest absolute Gasteiger partial charge is 0.516 e. The van der Waals surface area contributed by atoms with Gasteiger partial charge in [-0.1, -0.05) is 14.0 Å². The highest BCUT2D eigenvalue weighted by Gasteiger charge is 1.11. The zero-order valence-corrected chi connectivity index (χ0v) is 2.73. The lowest BCUT2D eigenvalue weighted by Gasteiger charge is -1.41. The van der Waals surface area contributed by atoms with E-state index >= 15 is 0 Å². The third-order valence-corrected chi connectivity index (χ3v) is 0. The van der Waals surface area contributed by atoms with Crippen LogP contribution in [0.3, 0.4) is 0 Å². The van der Waals surface area contributed by atoms with Gasteiger partial charge in [-0.15, -0.1) is 0 Å². The molecule has 0 aliphatic rings. The van der Waals surface area contributed by atoms with Gasteiger partial charge in [0.2, 0.25) is 0 Å². The van der Waals surface area contributed by atoms with E-state index in [1.165, 1.54) is 0 Å². The molecule has 25 valence electrons. The molecule has 0 aliphatic carbocycles. The molecule has 0 rings (SSSR count). The van der Waals surface area contributed by atoms with Crippen molar-refractivity contribution in [2.24, 2.45) is 0 Å². The Hall–Kier alpha value is -0.460. The van der Waals surface area contributed by atoms with Gasteiger partial charge in [-0.3, -0.25) is 0 Å². The molecule has 0 aromatic carbocycles. The summed E-state index contributed by atoms with van der Waals surface area (Å²) < 4.78 is 0. The Morgan fingerprint density at radius 2 is 1.75 bits per heavy atom. The molecule has 1 radical (unpaired) electrons. The van der Waals surface area contributed by atoms with Crippen molar-refractivity contribution in [1.29, 1.82) is 0 Å². The van der Waals surface area contributed by atoms with Gasteiger partial charge in [0.15, 0.2) is 0 Å². The van der Waals surface area contributed by atoms with Crippen molar-refractivity contribution in [2.75, 3.05) is 0 Å². The van der Waals surface area contributed by atoms with E-state index in [0.29, 0.717) is 0 Å². The third-order valence-electron chi connectivity index (χ3n) is 0. The smallest absolute Gasteiger partial charge is 0.0719 e. The Balaban J connectivity index is 0. The molecule has 0 aromatic heterocycles. The summed E-state index contributed by atoms with van der Waals surface area (Å²) in [6, 6.07) is 0. The molecule has 0 aliphatic heterocycles. The normalized spacial score (nSPS) is 3.00. The molecular formula is C3H7O. The minimum Gasteiger partial charge on any atom is -0.516 e. The fourth-order valence-electron chi connectivity index (χ4n) is 0. The predicted molar refractivity (Wildman–Crippen MR) is 19.2 cm³/mol. The van der Waals surface area contributed by atoms with Gasteiger partial charge < -0.3 is 5.11 Å². The minimum absolute atomic E-state index is 0. The zero-order valence-electron chi connectivity index (χ0n) is 2.73. The SMILES string of the molecule is C=CO.[CH3]. The highest BCUT2D eigenvalue weighted by atomic mass is 16.2. The predicted octanol–water partition coefficient (Wildman–Crippen LogP) is 1.14. The number of hydrogen-bond donors (Lipinski definition) is 1. The Labute approximate surface area is 26.6 Å². The van der Waals surface area contributed by atoms with Crippen molar-refractivity contribution in [2.45, 2.75) is 0 Å². The van der Waals surface area contributed by atoms with Crippen LogP contribution in [0, 0.1) is 7.43 Å². The fourth-order valence-corrected chi connectivity index (χ4v) is 0. The molecule has 0 saturated heterocycles. The van der Waals surface area contributed by atoms with Crippen LogP contribution in [0.4, 0.5) is 0 Å². The van der Waals surface area contributed by atoms with E-state index in [1.54, 1.807) is 0 Å². The van der Waals surface area contributed by atoms with E-state index in [1.807, 2.05) is 0 Å².